The van der Waals surface area contributed by atoms with E-state index in [9.17, 15) is 4.79 Å². The normalized spacial score (nSPS) is 26.3. The van der Waals surface area contributed by atoms with E-state index in [-0.39, 0.29) is 12.0 Å². The summed E-state index contributed by atoms with van der Waals surface area (Å²) >= 11 is 0. The lowest BCUT2D eigenvalue weighted by Gasteiger charge is -2.04. The van der Waals surface area contributed by atoms with Crippen LogP contribution in [-0.4, -0.2) is 25.2 Å². The van der Waals surface area contributed by atoms with Crippen LogP contribution in [0.2, 0.25) is 0 Å². The van der Waals surface area contributed by atoms with Crippen molar-refractivity contribution in [1.82, 2.24) is 5.32 Å². The van der Waals surface area contributed by atoms with Gasteiger partial charge in [0.15, 0.2) is 0 Å². The van der Waals surface area contributed by atoms with Crippen LogP contribution in [0.3, 0.4) is 0 Å². The molecule has 1 N–H and O–H groups in total. The number of amides is 1. The van der Waals surface area contributed by atoms with Crippen molar-refractivity contribution in [1.29, 1.82) is 0 Å². The van der Waals surface area contributed by atoms with E-state index in [1.54, 1.807) is 0 Å². The van der Waals surface area contributed by atoms with Gasteiger partial charge in [0.1, 0.15) is 0 Å². The molecule has 0 bridgehead atoms. The van der Waals surface area contributed by atoms with Gasteiger partial charge in [-0.1, -0.05) is 0 Å². The monoisotopic (exact) mass is 129 g/mol. The molecule has 1 aliphatic heterocycles. The van der Waals surface area contributed by atoms with E-state index in [0.717, 1.165) is 0 Å². The Hall–Kier alpha value is -0.570. The Bertz CT molecular complexity index is 114. The molecule has 0 unspecified atom stereocenters. The van der Waals surface area contributed by atoms with Gasteiger partial charge in [0, 0.05) is 13.2 Å². The number of nitrogens with one attached hydrogen (secondary N) is 1. The Morgan fingerprint density at radius 2 is 2.67 bits per heavy atom. The van der Waals surface area contributed by atoms with Gasteiger partial charge in [-0.15, -0.1) is 0 Å². The Morgan fingerprint density at radius 1 is 1.89 bits per heavy atom. The van der Waals surface area contributed by atoms with E-state index in [0.29, 0.717) is 19.6 Å². The van der Waals surface area contributed by atoms with Crippen molar-refractivity contribution in [2.45, 2.75) is 19.4 Å². The Morgan fingerprint density at radius 3 is 3.11 bits per heavy atom. The summed E-state index contributed by atoms with van der Waals surface area (Å²) in [6.45, 7) is 3.31. The Kier molecular flexibility index (Phi) is 2.05. The van der Waals surface area contributed by atoms with Crippen molar-refractivity contribution in [2.24, 2.45) is 0 Å². The molecule has 9 heavy (non-hydrogen) atoms. The first-order valence-corrected chi connectivity index (χ1v) is 3.21. The highest BCUT2D eigenvalue weighted by atomic mass is 16.5. The van der Waals surface area contributed by atoms with E-state index >= 15 is 0 Å². The van der Waals surface area contributed by atoms with Gasteiger partial charge in [0.25, 0.3) is 0 Å². The first-order chi connectivity index (χ1) is 4.33. The molecule has 1 rings (SSSR count). The minimum Gasteiger partial charge on any atom is -0.376 e. The van der Waals surface area contributed by atoms with Crippen molar-refractivity contribution in [3.05, 3.63) is 0 Å². The minimum absolute atomic E-state index is 0.105. The molecule has 0 aromatic rings. The lowest BCUT2D eigenvalue weighted by atomic mass is 10.3. The van der Waals surface area contributed by atoms with Crippen LogP contribution in [0.15, 0.2) is 0 Å². The second kappa shape index (κ2) is 2.82. The van der Waals surface area contributed by atoms with Crippen molar-refractivity contribution in [2.75, 3.05) is 13.2 Å². The maximum Gasteiger partial charge on any atom is 0.222 e. The van der Waals surface area contributed by atoms with Gasteiger partial charge in [-0.25, -0.2) is 0 Å². The van der Waals surface area contributed by atoms with Crippen molar-refractivity contribution in [3.63, 3.8) is 0 Å². The summed E-state index contributed by atoms with van der Waals surface area (Å²) in [5, 5.41) is 2.69. The summed E-state index contributed by atoms with van der Waals surface area (Å²) in [6.07, 6.45) is 0.663. The van der Waals surface area contributed by atoms with E-state index in [1.807, 2.05) is 6.92 Å². The zero-order chi connectivity index (χ0) is 6.69. The van der Waals surface area contributed by atoms with Crippen LogP contribution in [0.25, 0.3) is 0 Å². The van der Waals surface area contributed by atoms with Crippen molar-refractivity contribution < 1.29 is 9.53 Å². The van der Waals surface area contributed by atoms with Gasteiger partial charge < -0.3 is 10.1 Å². The Labute approximate surface area is 54.4 Å². The lowest BCUT2D eigenvalue weighted by Crippen LogP contribution is -2.17. The third kappa shape index (κ3) is 1.68. The summed E-state index contributed by atoms with van der Waals surface area (Å²) in [4.78, 5) is 10.5. The zero-order valence-corrected chi connectivity index (χ0v) is 5.52. The average Bonchev–Trinajstić information content (AvgIpc) is 2.17. The maximum absolute atomic E-state index is 10.5. The van der Waals surface area contributed by atoms with E-state index in [4.69, 9.17) is 4.74 Å². The number of rotatable bonds is 2. The average molecular weight is 129 g/mol. The van der Waals surface area contributed by atoms with Crippen LogP contribution in [0.1, 0.15) is 13.3 Å². The first-order valence-electron chi connectivity index (χ1n) is 3.21. The Balaban J connectivity index is 2.22. The fourth-order valence-corrected chi connectivity index (χ4v) is 0.932. The highest BCUT2D eigenvalue weighted by molar-refractivity contribution is 5.78. The van der Waals surface area contributed by atoms with E-state index in [1.165, 1.54) is 0 Å². The predicted octanol–water partition coefficient (Wildman–Crippen LogP) is -0.0886. The SMILES string of the molecule is CCO[C@@H]1CNC(=O)C1. The summed E-state index contributed by atoms with van der Waals surface area (Å²) in [7, 11) is 0. The molecule has 0 aromatic heterocycles. The third-order valence-electron chi connectivity index (χ3n) is 1.34. The minimum atomic E-state index is 0.105. The highest BCUT2D eigenvalue weighted by Crippen LogP contribution is 2.02. The molecule has 3 heteroatoms. The number of carbonyl (C=O) groups is 1. The van der Waals surface area contributed by atoms with Crippen LogP contribution >= 0.6 is 0 Å². The summed E-state index contributed by atoms with van der Waals surface area (Å²) in [6, 6.07) is 0. The van der Waals surface area contributed by atoms with Gasteiger partial charge >= 0.3 is 0 Å². The summed E-state index contributed by atoms with van der Waals surface area (Å²) < 4.78 is 5.19. The molecule has 0 spiro atoms. The van der Waals surface area contributed by atoms with Crippen LogP contribution < -0.4 is 5.32 Å². The second-order valence-corrected chi connectivity index (χ2v) is 2.09. The second-order valence-electron chi connectivity index (χ2n) is 2.09. The molecule has 1 heterocycles. The quantitative estimate of drug-likeness (QED) is 0.566. The van der Waals surface area contributed by atoms with Crippen molar-refractivity contribution >= 4 is 5.91 Å². The smallest absolute Gasteiger partial charge is 0.222 e. The molecule has 1 atom stereocenters. The summed E-state index contributed by atoms with van der Waals surface area (Å²) in [5.41, 5.74) is 0. The molecule has 1 amide bonds. The van der Waals surface area contributed by atoms with Gasteiger partial charge in [-0.2, -0.15) is 0 Å². The zero-order valence-electron chi connectivity index (χ0n) is 5.52. The molecule has 0 saturated carbocycles. The van der Waals surface area contributed by atoms with Gasteiger partial charge in [-0.05, 0) is 6.92 Å². The van der Waals surface area contributed by atoms with E-state index in [2.05, 4.69) is 5.32 Å². The van der Waals surface area contributed by atoms with Gasteiger partial charge in [0.2, 0.25) is 5.91 Å². The molecule has 0 radical (unpaired) electrons. The van der Waals surface area contributed by atoms with Crippen molar-refractivity contribution in [3.8, 4) is 0 Å². The predicted molar refractivity (Wildman–Crippen MR) is 33.0 cm³/mol. The van der Waals surface area contributed by atoms with Crippen LogP contribution in [-0.2, 0) is 9.53 Å². The fraction of sp³-hybridized carbons (Fsp3) is 0.833. The molecule has 1 saturated heterocycles. The molecule has 1 fully saturated rings. The number of hydrogen-bond donors (Lipinski definition) is 1. The largest absolute Gasteiger partial charge is 0.376 e. The number of carbonyl (C=O) groups excluding carboxylic acids is 1. The molecular weight excluding hydrogens is 118 g/mol. The standard InChI is InChI=1S/C6H11NO2/c1-2-9-5-3-6(8)7-4-5/h5H,2-4H2,1H3,(H,7,8)/t5-/m0/s1. The van der Waals surface area contributed by atoms with Gasteiger partial charge in [0.05, 0.1) is 12.5 Å². The van der Waals surface area contributed by atoms with E-state index < -0.39 is 0 Å². The first kappa shape index (κ1) is 6.55. The molecule has 0 aromatic carbocycles. The fourth-order valence-electron chi connectivity index (χ4n) is 0.932. The topological polar surface area (TPSA) is 38.3 Å². The maximum atomic E-state index is 10.5. The highest BCUT2D eigenvalue weighted by Gasteiger charge is 2.20. The number of hydrogen-bond acceptors (Lipinski definition) is 2. The molecule has 3 nitrogen and oxygen atoms in total. The molecule has 0 aliphatic carbocycles. The van der Waals surface area contributed by atoms with Crippen LogP contribution in [0.4, 0.5) is 0 Å². The number of ether oxygens (including phenoxy) is 1. The van der Waals surface area contributed by atoms with Crippen LogP contribution in [0, 0.1) is 0 Å². The molecule has 52 valence electrons. The third-order valence-corrected chi connectivity index (χ3v) is 1.34. The molecular formula is C6H11NO2. The lowest BCUT2D eigenvalue weighted by molar-refractivity contribution is -0.119. The molecule has 1 aliphatic rings. The van der Waals surface area contributed by atoms with Gasteiger partial charge in [-0.3, -0.25) is 4.79 Å². The van der Waals surface area contributed by atoms with Crippen LogP contribution in [0.5, 0.6) is 0 Å². The summed E-state index contributed by atoms with van der Waals surface area (Å²) in [5.74, 6) is 0.105.